The van der Waals surface area contributed by atoms with Gasteiger partial charge in [-0.05, 0) is 91.4 Å². The summed E-state index contributed by atoms with van der Waals surface area (Å²) in [5.74, 6) is 1.99. The van der Waals surface area contributed by atoms with E-state index in [1.54, 1.807) is 0 Å². The topological polar surface area (TPSA) is 81.4 Å². The lowest BCUT2D eigenvalue weighted by atomic mass is 9.61. The summed E-state index contributed by atoms with van der Waals surface area (Å²) in [6.07, 6.45) is 10.8. The summed E-state index contributed by atoms with van der Waals surface area (Å²) in [7, 11) is -2.75. The molecule has 3 aliphatic carbocycles. The van der Waals surface area contributed by atoms with Gasteiger partial charge in [0, 0.05) is 17.1 Å². The Bertz CT molecular complexity index is 1060. The minimum atomic E-state index is -2.75. The molecule has 34 heavy (non-hydrogen) atoms. The van der Waals surface area contributed by atoms with E-state index in [9.17, 15) is 14.4 Å². The van der Waals surface area contributed by atoms with Gasteiger partial charge < -0.3 is 10.2 Å². The Morgan fingerprint density at radius 2 is 1.97 bits per heavy atom. The smallest absolute Gasteiger partial charge is 0.0811 e. The normalized spacial score (nSPS) is 36.9. The van der Waals surface area contributed by atoms with Gasteiger partial charge in [-0.15, -0.1) is 0 Å². The van der Waals surface area contributed by atoms with Crippen LogP contribution in [0.1, 0.15) is 65.2 Å². The molecule has 3 aliphatic rings. The number of hydrogen-bond acceptors (Lipinski definition) is 4. The summed E-state index contributed by atoms with van der Waals surface area (Å²) in [5.41, 5.74) is 3.45. The number of hydrogen-bond donors (Lipinski definition) is 3. The van der Waals surface area contributed by atoms with Gasteiger partial charge in [-0.25, -0.2) is 8.99 Å². The van der Waals surface area contributed by atoms with Crippen molar-refractivity contribution in [3.05, 3.63) is 65.8 Å². The van der Waals surface area contributed by atoms with Gasteiger partial charge in [-0.3, -0.25) is 0 Å². The number of aliphatic hydroxyl groups is 2. The quantitative estimate of drug-likeness (QED) is 0.447. The summed E-state index contributed by atoms with van der Waals surface area (Å²) in [4.78, 5) is 0.646. The highest BCUT2D eigenvalue weighted by atomic mass is 32.2. The Morgan fingerprint density at radius 1 is 1.24 bits per heavy atom. The Kier molecular flexibility index (Phi) is 7.56. The molecule has 0 heterocycles. The molecular weight excluding hydrogens is 442 g/mol. The Hall–Kier alpha value is -1.69. The molecular formula is C29H41NO3S. The molecule has 3 N–H and O–H groups in total. The molecule has 3 saturated carbocycles. The van der Waals surface area contributed by atoms with Crippen molar-refractivity contribution in [1.82, 2.24) is 0 Å². The van der Waals surface area contributed by atoms with Crippen molar-refractivity contribution in [2.45, 2.75) is 82.3 Å². The maximum Gasteiger partial charge on any atom is 0.0811 e. The summed E-state index contributed by atoms with van der Waals surface area (Å²) < 4.78 is 21.5. The standard InChI is InChI=1S/C29H41NO3S/c1-20(15-17-34(30,33)25-9-5-4-6-10-25)26-13-14-27-22(8-7-16-29(26,27)3)11-12-23-18-24(31)19-28(32)21(23)2/h4-6,9-12,20,24,26-28,30-32H,2,7-8,13-19H2,1,3H3/b22-11+,23-12-/t20-,24+,26-,27+,28-,29-,34?/m1/s1. The summed E-state index contributed by atoms with van der Waals surface area (Å²) in [6, 6.07) is 9.27. The highest BCUT2D eigenvalue weighted by molar-refractivity contribution is 7.92. The van der Waals surface area contributed by atoms with Crippen LogP contribution in [0.2, 0.25) is 0 Å². The molecule has 0 spiro atoms. The minimum absolute atomic E-state index is 0.236. The predicted octanol–water partition coefficient (Wildman–Crippen LogP) is 6.26. The zero-order valence-electron chi connectivity index (χ0n) is 20.7. The third kappa shape index (κ3) is 5.12. The molecule has 0 radical (unpaired) electrons. The number of benzene rings is 1. The average Bonchev–Trinajstić information content (AvgIpc) is 3.17. The predicted molar refractivity (Wildman–Crippen MR) is 139 cm³/mol. The zero-order chi connectivity index (χ0) is 24.5. The van der Waals surface area contributed by atoms with E-state index >= 15 is 0 Å². The fourth-order valence-corrected chi connectivity index (χ4v) is 8.53. The fourth-order valence-electron chi connectivity index (χ4n) is 6.99. The zero-order valence-corrected chi connectivity index (χ0v) is 21.5. The first-order valence-corrected chi connectivity index (χ1v) is 14.6. The van der Waals surface area contributed by atoms with E-state index in [0.717, 1.165) is 24.0 Å². The van der Waals surface area contributed by atoms with E-state index in [2.05, 4.69) is 32.6 Å². The van der Waals surface area contributed by atoms with Crippen LogP contribution in [0.5, 0.6) is 0 Å². The van der Waals surface area contributed by atoms with Crippen molar-refractivity contribution in [3.8, 4) is 0 Å². The largest absolute Gasteiger partial charge is 0.393 e. The second kappa shape index (κ2) is 10.1. The number of allylic oxidation sites excluding steroid dienone is 3. The van der Waals surface area contributed by atoms with Crippen molar-refractivity contribution < 1.29 is 14.4 Å². The van der Waals surface area contributed by atoms with E-state index in [-0.39, 0.29) is 5.41 Å². The molecule has 0 amide bonds. The highest BCUT2D eigenvalue weighted by Gasteiger charge is 2.50. The van der Waals surface area contributed by atoms with Crippen molar-refractivity contribution in [2.75, 3.05) is 5.75 Å². The molecule has 7 atom stereocenters. The third-order valence-corrected chi connectivity index (χ3v) is 10.8. The van der Waals surface area contributed by atoms with Gasteiger partial charge in [-0.2, -0.15) is 0 Å². The monoisotopic (exact) mass is 483 g/mol. The van der Waals surface area contributed by atoms with Crippen LogP contribution >= 0.6 is 0 Å². The first-order chi connectivity index (χ1) is 16.1. The fraction of sp³-hybridized carbons (Fsp3) is 0.586. The average molecular weight is 484 g/mol. The van der Waals surface area contributed by atoms with Gasteiger partial charge in [0.2, 0.25) is 0 Å². The van der Waals surface area contributed by atoms with Crippen LogP contribution in [0.25, 0.3) is 0 Å². The van der Waals surface area contributed by atoms with Gasteiger partial charge in [-0.1, -0.05) is 56.4 Å². The van der Waals surface area contributed by atoms with Gasteiger partial charge in [0.15, 0.2) is 0 Å². The molecule has 0 saturated heterocycles. The second-order valence-electron chi connectivity index (χ2n) is 11.1. The molecule has 0 aliphatic heterocycles. The van der Waals surface area contributed by atoms with E-state index in [1.165, 1.54) is 31.3 Å². The summed E-state index contributed by atoms with van der Waals surface area (Å²) >= 11 is 0. The molecule has 186 valence electrons. The van der Waals surface area contributed by atoms with Gasteiger partial charge >= 0.3 is 0 Å². The Labute approximate surface area is 205 Å². The third-order valence-electron chi connectivity index (χ3n) is 8.97. The second-order valence-corrected chi connectivity index (χ2v) is 13.4. The van der Waals surface area contributed by atoms with Gasteiger partial charge in [0.1, 0.15) is 0 Å². The van der Waals surface area contributed by atoms with Crippen molar-refractivity contribution in [1.29, 1.82) is 4.78 Å². The van der Waals surface area contributed by atoms with Crippen LogP contribution in [0.4, 0.5) is 0 Å². The number of aliphatic hydroxyl groups excluding tert-OH is 2. The molecule has 0 aromatic heterocycles. The Balaban J connectivity index is 1.46. The highest BCUT2D eigenvalue weighted by Crippen LogP contribution is 2.59. The number of nitrogens with one attached hydrogen (secondary N) is 1. The van der Waals surface area contributed by atoms with Crippen molar-refractivity contribution in [2.24, 2.45) is 23.2 Å². The van der Waals surface area contributed by atoms with Crippen LogP contribution < -0.4 is 0 Å². The van der Waals surface area contributed by atoms with Crippen LogP contribution in [0, 0.1) is 27.9 Å². The summed E-state index contributed by atoms with van der Waals surface area (Å²) in [5, 5.41) is 20.2. The van der Waals surface area contributed by atoms with E-state index in [4.69, 9.17) is 4.78 Å². The summed E-state index contributed by atoms with van der Waals surface area (Å²) in [6.45, 7) is 8.81. The van der Waals surface area contributed by atoms with Crippen LogP contribution in [-0.2, 0) is 9.73 Å². The molecule has 4 rings (SSSR count). The number of fused-ring (bicyclic) bond motifs is 1. The minimum Gasteiger partial charge on any atom is -0.393 e. The first kappa shape index (κ1) is 25.4. The molecule has 5 heteroatoms. The van der Waals surface area contributed by atoms with Crippen LogP contribution in [-0.4, -0.2) is 32.4 Å². The van der Waals surface area contributed by atoms with Crippen molar-refractivity contribution >= 4 is 9.73 Å². The van der Waals surface area contributed by atoms with E-state index < -0.39 is 21.9 Å². The lowest BCUT2D eigenvalue weighted by molar-refractivity contribution is 0.0861. The molecule has 1 aromatic carbocycles. The van der Waals surface area contributed by atoms with Gasteiger partial charge in [0.25, 0.3) is 0 Å². The molecule has 3 fully saturated rings. The lowest BCUT2D eigenvalue weighted by Gasteiger charge is -2.44. The molecule has 0 bridgehead atoms. The molecule has 1 unspecified atom stereocenters. The Morgan fingerprint density at radius 3 is 2.71 bits per heavy atom. The SMILES string of the molecule is C=C1/C(=C\C=C2/CCC[C@]3(C)[C@@H]([C@H](C)CCS(=N)(=O)c4ccccc4)CC[C@@H]23)C[C@H](O)C[C@H]1O. The van der Waals surface area contributed by atoms with E-state index in [0.29, 0.717) is 41.2 Å². The van der Waals surface area contributed by atoms with Crippen LogP contribution in [0.15, 0.2) is 70.7 Å². The first-order valence-electron chi connectivity index (χ1n) is 12.9. The number of rotatable bonds is 6. The lowest BCUT2D eigenvalue weighted by Crippen LogP contribution is -2.36. The maximum atomic E-state index is 13.0. The maximum absolute atomic E-state index is 13.0. The molecule has 4 nitrogen and oxygen atoms in total. The van der Waals surface area contributed by atoms with Gasteiger partial charge in [0.05, 0.1) is 21.9 Å². The van der Waals surface area contributed by atoms with Crippen molar-refractivity contribution in [3.63, 3.8) is 0 Å². The van der Waals surface area contributed by atoms with E-state index in [1.807, 2.05) is 30.3 Å². The molecule has 1 aromatic rings. The van der Waals surface area contributed by atoms with Crippen LogP contribution in [0.3, 0.4) is 0 Å².